The topological polar surface area (TPSA) is 72.4 Å². The monoisotopic (exact) mass is 317 g/mol. The van der Waals surface area contributed by atoms with Crippen molar-refractivity contribution in [3.05, 3.63) is 18.0 Å². The molecule has 7 heteroatoms. The molecule has 0 fully saturated rings. The molecule has 1 rings (SSSR count). The summed E-state index contributed by atoms with van der Waals surface area (Å²) in [7, 11) is -0.102. The average molecular weight is 317 g/mol. The summed E-state index contributed by atoms with van der Waals surface area (Å²) in [4.78, 5) is 0.283. The van der Waals surface area contributed by atoms with Crippen molar-refractivity contribution in [3.8, 4) is 0 Å². The molecule has 0 aliphatic heterocycles. The van der Waals surface area contributed by atoms with Gasteiger partial charge in [-0.1, -0.05) is 6.92 Å². The van der Waals surface area contributed by atoms with E-state index >= 15 is 0 Å². The highest BCUT2D eigenvalue weighted by atomic mass is 32.2. The Balaban J connectivity index is 2.77. The first-order valence-electron chi connectivity index (χ1n) is 7.12. The van der Waals surface area contributed by atoms with Gasteiger partial charge in [0.25, 0.3) is 0 Å². The molecule has 1 heterocycles. The van der Waals surface area contributed by atoms with Crippen LogP contribution in [0.3, 0.4) is 0 Å². The van der Waals surface area contributed by atoms with Gasteiger partial charge in [0.05, 0.1) is 10.5 Å². The van der Waals surface area contributed by atoms with Crippen LogP contribution in [-0.2, 0) is 28.4 Å². The summed E-state index contributed by atoms with van der Waals surface area (Å²) in [6.45, 7) is 7.55. The quantitative estimate of drug-likeness (QED) is 0.672. The molecule has 0 aromatic carbocycles. The molecule has 2 N–H and O–H groups in total. The van der Waals surface area contributed by atoms with Crippen LogP contribution in [0.15, 0.2) is 17.2 Å². The predicted molar refractivity (Wildman–Crippen MR) is 83.7 cm³/mol. The fraction of sp³-hybridized carbons (Fsp3) is 0.714. The summed E-state index contributed by atoms with van der Waals surface area (Å²) in [5, 5.41) is 3.27. The van der Waals surface area contributed by atoms with E-state index in [1.165, 1.54) is 0 Å². The fourth-order valence-electron chi connectivity index (χ4n) is 1.72. The largest absolute Gasteiger partial charge is 0.377 e. The van der Waals surface area contributed by atoms with Crippen molar-refractivity contribution in [2.45, 2.75) is 44.2 Å². The number of methoxy groups -OCH3 is 1. The van der Waals surface area contributed by atoms with Gasteiger partial charge in [-0.05, 0) is 32.9 Å². The zero-order valence-corrected chi connectivity index (χ0v) is 14.4. The highest BCUT2D eigenvalue weighted by Crippen LogP contribution is 2.14. The maximum absolute atomic E-state index is 12.3. The van der Waals surface area contributed by atoms with E-state index in [2.05, 4.69) is 17.0 Å². The summed E-state index contributed by atoms with van der Waals surface area (Å²) >= 11 is 0. The molecule has 0 saturated heterocycles. The lowest BCUT2D eigenvalue weighted by atomic mass is 10.1. The maximum atomic E-state index is 12.3. The normalized spacial score (nSPS) is 12.8. The molecule has 0 aliphatic rings. The van der Waals surface area contributed by atoms with E-state index in [0.29, 0.717) is 6.54 Å². The molecule has 122 valence electrons. The van der Waals surface area contributed by atoms with Gasteiger partial charge in [0.1, 0.15) is 0 Å². The Bertz CT molecular complexity index is 550. The van der Waals surface area contributed by atoms with E-state index < -0.39 is 15.6 Å². The van der Waals surface area contributed by atoms with Crippen LogP contribution in [0.1, 0.15) is 32.9 Å². The minimum atomic E-state index is -3.51. The number of sulfonamides is 1. The van der Waals surface area contributed by atoms with Crippen LogP contribution in [-0.4, -0.2) is 38.8 Å². The van der Waals surface area contributed by atoms with E-state index in [4.69, 9.17) is 4.74 Å². The van der Waals surface area contributed by atoms with Crippen molar-refractivity contribution in [1.29, 1.82) is 0 Å². The number of aromatic nitrogens is 1. The van der Waals surface area contributed by atoms with Crippen molar-refractivity contribution < 1.29 is 13.2 Å². The van der Waals surface area contributed by atoms with E-state index in [1.807, 2.05) is 25.5 Å². The predicted octanol–water partition coefficient (Wildman–Crippen LogP) is 1.23. The third kappa shape index (κ3) is 5.43. The highest BCUT2D eigenvalue weighted by Gasteiger charge is 2.23. The molecule has 6 nitrogen and oxygen atoms in total. The smallest absolute Gasteiger partial charge is 0.242 e. The van der Waals surface area contributed by atoms with E-state index in [9.17, 15) is 8.42 Å². The molecular weight excluding hydrogens is 290 g/mol. The second-order valence-corrected chi connectivity index (χ2v) is 7.51. The van der Waals surface area contributed by atoms with Gasteiger partial charge in [-0.2, -0.15) is 0 Å². The zero-order valence-electron chi connectivity index (χ0n) is 13.6. The second kappa shape index (κ2) is 7.40. The number of nitrogens with one attached hydrogen (secondary N) is 2. The van der Waals surface area contributed by atoms with Crippen LogP contribution in [0.25, 0.3) is 0 Å². The lowest BCUT2D eigenvalue weighted by Crippen LogP contribution is -2.39. The average Bonchev–Trinajstić information content (AvgIpc) is 2.80. The summed E-state index contributed by atoms with van der Waals surface area (Å²) in [6.07, 6.45) is 2.67. The molecule has 0 unspecified atom stereocenters. The molecule has 0 saturated carbocycles. The Morgan fingerprint density at radius 3 is 2.62 bits per heavy atom. The van der Waals surface area contributed by atoms with E-state index in [-0.39, 0.29) is 11.4 Å². The van der Waals surface area contributed by atoms with Gasteiger partial charge in [-0.15, -0.1) is 0 Å². The van der Waals surface area contributed by atoms with Crippen molar-refractivity contribution in [1.82, 2.24) is 14.6 Å². The standard InChI is InChI=1S/C14H27N3O3S/c1-6-7-15-9-12-8-13(10-17(12)4)21(18,19)16-11-14(2,3)20-5/h8,10,15-16H,6-7,9,11H2,1-5H3. The van der Waals surface area contributed by atoms with Crippen molar-refractivity contribution in [2.24, 2.45) is 7.05 Å². The first-order valence-corrected chi connectivity index (χ1v) is 8.61. The lowest BCUT2D eigenvalue weighted by molar-refractivity contribution is 0.0276. The molecule has 0 bridgehead atoms. The van der Waals surface area contributed by atoms with Crippen LogP contribution in [0, 0.1) is 0 Å². The molecule has 0 atom stereocenters. The van der Waals surface area contributed by atoms with Gasteiger partial charge >= 0.3 is 0 Å². The van der Waals surface area contributed by atoms with E-state index in [1.54, 1.807) is 19.4 Å². The number of ether oxygens (including phenoxy) is 1. The minimum Gasteiger partial charge on any atom is -0.377 e. The number of hydrogen-bond donors (Lipinski definition) is 2. The Labute approximate surface area is 127 Å². The van der Waals surface area contributed by atoms with Crippen LogP contribution in [0.5, 0.6) is 0 Å². The van der Waals surface area contributed by atoms with E-state index in [0.717, 1.165) is 18.7 Å². The van der Waals surface area contributed by atoms with Crippen LogP contribution >= 0.6 is 0 Å². The van der Waals surface area contributed by atoms with Gasteiger partial charge in [-0.3, -0.25) is 0 Å². The number of hydrogen-bond acceptors (Lipinski definition) is 4. The lowest BCUT2D eigenvalue weighted by Gasteiger charge is -2.22. The second-order valence-electron chi connectivity index (χ2n) is 5.74. The van der Waals surface area contributed by atoms with Crippen LogP contribution in [0.2, 0.25) is 0 Å². The van der Waals surface area contributed by atoms with Gasteiger partial charge in [0, 0.05) is 39.1 Å². The molecular formula is C14H27N3O3S. The first kappa shape index (κ1) is 18.2. The molecule has 1 aromatic rings. The fourth-order valence-corrected chi connectivity index (χ4v) is 3.01. The molecule has 0 radical (unpaired) electrons. The number of nitrogens with zero attached hydrogens (tertiary/aromatic N) is 1. The first-order chi connectivity index (χ1) is 9.72. The van der Waals surface area contributed by atoms with Crippen LogP contribution < -0.4 is 10.0 Å². The molecule has 21 heavy (non-hydrogen) atoms. The summed E-state index contributed by atoms with van der Waals surface area (Å²) < 4.78 is 34.2. The van der Waals surface area contributed by atoms with Crippen molar-refractivity contribution in [2.75, 3.05) is 20.2 Å². The third-order valence-corrected chi connectivity index (χ3v) is 4.73. The van der Waals surface area contributed by atoms with Crippen molar-refractivity contribution in [3.63, 3.8) is 0 Å². The van der Waals surface area contributed by atoms with Gasteiger partial charge in [-0.25, -0.2) is 13.1 Å². The maximum Gasteiger partial charge on any atom is 0.242 e. The number of rotatable bonds is 9. The SMILES string of the molecule is CCCNCc1cc(S(=O)(=O)NCC(C)(C)OC)cn1C. The van der Waals surface area contributed by atoms with Gasteiger partial charge in [0.2, 0.25) is 10.0 Å². The Morgan fingerprint density at radius 1 is 1.38 bits per heavy atom. The third-order valence-electron chi connectivity index (χ3n) is 3.37. The Hall–Kier alpha value is -0.890. The summed E-state index contributed by atoms with van der Waals surface area (Å²) in [6, 6.07) is 1.70. The molecule has 0 amide bonds. The zero-order chi connectivity index (χ0) is 16.1. The van der Waals surface area contributed by atoms with Gasteiger partial charge < -0.3 is 14.6 Å². The highest BCUT2D eigenvalue weighted by molar-refractivity contribution is 7.89. The summed E-state index contributed by atoms with van der Waals surface area (Å²) in [5.41, 5.74) is 0.405. The van der Waals surface area contributed by atoms with Crippen molar-refractivity contribution >= 4 is 10.0 Å². The summed E-state index contributed by atoms with van der Waals surface area (Å²) in [5.74, 6) is 0. The number of aryl methyl sites for hydroxylation is 1. The van der Waals surface area contributed by atoms with Crippen LogP contribution in [0.4, 0.5) is 0 Å². The molecule has 0 aliphatic carbocycles. The molecule has 1 aromatic heterocycles. The molecule has 0 spiro atoms. The Morgan fingerprint density at radius 2 is 2.05 bits per heavy atom. The van der Waals surface area contributed by atoms with Gasteiger partial charge in [0.15, 0.2) is 0 Å². The Kier molecular flexibility index (Phi) is 6.40. The minimum absolute atomic E-state index is 0.226.